The molecule has 6 rings (SSSR count). The fourth-order valence-corrected chi connectivity index (χ4v) is 5.03. The van der Waals surface area contributed by atoms with E-state index in [1.165, 1.54) is 6.20 Å². The van der Waals surface area contributed by atoms with Crippen molar-refractivity contribution >= 4 is 17.7 Å². The Morgan fingerprint density at radius 2 is 1.98 bits per heavy atom. The van der Waals surface area contributed by atoms with Gasteiger partial charge in [0.15, 0.2) is 0 Å². The number of amides is 2. The molecule has 2 aliphatic heterocycles. The van der Waals surface area contributed by atoms with Crippen molar-refractivity contribution in [1.82, 2.24) is 35.1 Å². The van der Waals surface area contributed by atoms with Gasteiger partial charge in [0, 0.05) is 30.5 Å². The highest BCUT2D eigenvalue weighted by Crippen LogP contribution is 2.45. The number of anilines is 1. The molecule has 0 radical (unpaired) electrons. The molecule has 1 N–H and O–H groups in total. The second-order valence-corrected chi connectivity index (χ2v) is 11.0. The fourth-order valence-electron chi connectivity index (χ4n) is 5.03. The van der Waals surface area contributed by atoms with E-state index >= 15 is 0 Å². The Hall–Kier alpha value is -4.75. The molecule has 0 saturated carbocycles. The topological polar surface area (TPSA) is 141 Å². The number of carbonyl (C=O) groups excluding carboxylic acids is 2. The molecule has 1 saturated heterocycles. The zero-order chi connectivity index (χ0) is 28.9. The van der Waals surface area contributed by atoms with Crippen molar-refractivity contribution in [3.8, 4) is 22.7 Å². The number of alkyl halides is 2. The number of nitrogens with one attached hydrogen (secondary N) is 1. The molecular weight excluding hydrogens is 538 g/mol. The minimum Gasteiger partial charge on any atom is -0.444 e. The van der Waals surface area contributed by atoms with Gasteiger partial charge in [-0.25, -0.2) is 9.48 Å². The van der Waals surface area contributed by atoms with Crippen LogP contribution in [0.1, 0.15) is 50.8 Å². The van der Waals surface area contributed by atoms with Gasteiger partial charge >= 0.3 is 12.5 Å². The molecule has 1 fully saturated rings. The molecule has 212 valence electrons. The summed E-state index contributed by atoms with van der Waals surface area (Å²) in [4.78, 5) is 31.7. The Labute approximate surface area is 232 Å². The Morgan fingerprint density at radius 3 is 2.68 bits per heavy atom. The predicted octanol–water partition coefficient (Wildman–Crippen LogP) is 4.21. The Kier molecular flexibility index (Phi) is 6.27. The van der Waals surface area contributed by atoms with Crippen LogP contribution in [0.5, 0.6) is 0 Å². The number of benzene rings is 1. The summed E-state index contributed by atoms with van der Waals surface area (Å²) in [5.74, 6) is -0.925. The van der Waals surface area contributed by atoms with Crippen molar-refractivity contribution in [1.29, 1.82) is 0 Å². The van der Waals surface area contributed by atoms with Gasteiger partial charge in [-0.15, -0.1) is 15.3 Å². The molecular formula is C27H26F2N8O4. The minimum atomic E-state index is -2.84. The molecule has 2 aliphatic rings. The first kappa shape index (κ1) is 26.5. The number of hydrogen-bond acceptors (Lipinski definition) is 9. The van der Waals surface area contributed by atoms with Gasteiger partial charge in [-0.3, -0.25) is 9.78 Å². The summed E-state index contributed by atoms with van der Waals surface area (Å²) >= 11 is 0. The first-order valence-electron chi connectivity index (χ1n) is 12.9. The monoisotopic (exact) mass is 564 g/mol. The lowest BCUT2D eigenvalue weighted by molar-refractivity contribution is -0.120. The van der Waals surface area contributed by atoms with Crippen molar-refractivity contribution in [3.05, 3.63) is 59.9 Å². The number of nitrogens with zero attached hydrogens (tertiary/aromatic N) is 7. The van der Waals surface area contributed by atoms with E-state index < -0.39 is 29.4 Å². The van der Waals surface area contributed by atoms with E-state index in [4.69, 9.17) is 9.15 Å². The maximum Gasteiger partial charge on any atom is 0.410 e. The van der Waals surface area contributed by atoms with Gasteiger partial charge in [-0.1, -0.05) is 11.3 Å². The quantitative estimate of drug-likeness (QED) is 0.377. The second kappa shape index (κ2) is 9.71. The van der Waals surface area contributed by atoms with Gasteiger partial charge in [0.1, 0.15) is 11.3 Å². The number of hydrogen-bond donors (Lipinski definition) is 1. The number of likely N-dealkylation sites (tertiary alicyclic amines) is 1. The summed E-state index contributed by atoms with van der Waals surface area (Å²) in [5, 5.41) is 18.4. The summed E-state index contributed by atoms with van der Waals surface area (Å²) in [6.07, 6.45) is 0.426. The fraction of sp³-hybridized carbons (Fsp3) is 0.370. The van der Waals surface area contributed by atoms with Crippen molar-refractivity contribution in [2.45, 2.75) is 51.2 Å². The number of ether oxygens (including phenoxy) is 1. The summed E-state index contributed by atoms with van der Waals surface area (Å²) in [6, 6.07) is 8.97. The van der Waals surface area contributed by atoms with E-state index in [0.29, 0.717) is 42.1 Å². The first-order chi connectivity index (χ1) is 19.5. The van der Waals surface area contributed by atoms with Crippen molar-refractivity contribution in [2.75, 3.05) is 18.4 Å². The Bertz CT molecular complexity index is 1630. The second-order valence-electron chi connectivity index (χ2n) is 11.0. The van der Waals surface area contributed by atoms with E-state index in [-0.39, 0.29) is 18.3 Å². The third-order valence-corrected chi connectivity index (χ3v) is 7.00. The molecule has 0 aliphatic carbocycles. The summed E-state index contributed by atoms with van der Waals surface area (Å²) in [5.41, 5.74) is 2.47. The molecule has 1 aromatic carbocycles. The Morgan fingerprint density at radius 1 is 1.17 bits per heavy atom. The molecule has 12 nitrogen and oxygen atoms in total. The zero-order valence-electron chi connectivity index (χ0n) is 22.5. The van der Waals surface area contributed by atoms with Crippen LogP contribution >= 0.6 is 0 Å². The van der Waals surface area contributed by atoms with Crippen LogP contribution in [0.3, 0.4) is 0 Å². The van der Waals surface area contributed by atoms with Crippen molar-refractivity contribution in [3.63, 3.8) is 0 Å². The van der Waals surface area contributed by atoms with Crippen molar-refractivity contribution in [2.24, 2.45) is 0 Å². The van der Waals surface area contributed by atoms with Crippen LogP contribution in [0, 0.1) is 0 Å². The van der Waals surface area contributed by atoms with Crippen LogP contribution in [0.25, 0.3) is 22.7 Å². The van der Waals surface area contributed by atoms with Gasteiger partial charge in [0.2, 0.25) is 11.8 Å². The summed E-state index contributed by atoms with van der Waals surface area (Å²) < 4.78 is 37.5. The molecule has 0 unspecified atom stereocenters. The average molecular weight is 565 g/mol. The number of pyridine rings is 1. The average Bonchev–Trinajstić information content (AvgIpc) is 3.71. The van der Waals surface area contributed by atoms with Gasteiger partial charge in [0.05, 0.1) is 29.4 Å². The van der Waals surface area contributed by atoms with Crippen LogP contribution in [0.2, 0.25) is 0 Å². The third-order valence-electron chi connectivity index (χ3n) is 7.00. The van der Waals surface area contributed by atoms with Gasteiger partial charge in [0.25, 0.3) is 5.89 Å². The van der Waals surface area contributed by atoms with Crippen LogP contribution in [-0.2, 0) is 21.5 Å². The minimum absolute atomic E-state index is 0.0405. The lowest BCUT2D eigenvalue weighted by atomic mass is 9.80. The largest absolute Gasteiger partial charge is 0.444 e. The van der Waals surface area contributed by atoms with Gasteiger partial charge in [-0.2, -0.15) is 8.78 Å². The van der Waals surface area contributed by atoms with Gasteiger partial charge in [-0.05, 0) is 57.0 Å². The first-order valence-corrected chi connectivity index (χ1v) is 12.9. The highest BCUT2D eigenvalue weighted by Gasteiger charge is 2.52. The molecule has 3 aromatic heterocycles. The number of fused-ring (bicyclic) bond motifs is 2. The lowest BCUT2D eigenvalue weighted by Gasteiger charge is -2.26. The standard InChI is InChI=1S/C27H26F2N8O4/c1-26(2,3)41-25(39)36-9-8-27(14-36)18-10-15(5-7-19(18)31-24(27)38)20-13-37(35-32-20)12-17-6-4-16(11-30-17)22-33-34-23(40-22)21(28)29/h4-7,10-11,13,21H,8-9,12,14H2,1-3H3,(H,31,38)/t27-/m1/s1. The SMILES string of the molecule is CC(C)(C)OC(=O)N1CC[C@]2(C1)C(=O)Nc1ccc(-c3cn(Cc4ccc(-c5nnc(C(F)F)o5)cn4)nn3)cc12. The van der Waals surface area contributed by atoms with E-state index in [1.807, 2.05) is 39.0 Å². The molecule has 2 amide bonds. The van der Waals surface area contributed by atoms with Crippen LogP contribution < -0.4 is 5.32 Å². The number of halogens is 2. The highest BCUT2D eigenvalue weighted by molar-refractivity contribution is 6.07. The number of rotatable bonds is 5. The number of carbonyl (C=O) groups is 2. The lowest BCUT2D eigenvalue weighted by Crippen LogP contribution is -2.41. The number of aromatic nitrogens is 6. The molecule has 0 bridgehead atoms. The highest BCUT2D eigenvalue weighted by atomic mass is 19.3. The molecule has 1 spiro atoms. The van der Waals surface area contributed by atoms with Crippen LogP contribution in [0.4, 0.5) is 19.3 Å². The molecule has 4 aromatic rings. The molecule has 41 heavy (non-hydrogen) atoms. The maximum atomic E-state index is 13.1. The van der Waals surface area contributed by atoms with E-state index in [1.54, 1.807) is 27.9 Å². The van der Waals surface area contributed by atoms with Crippen molar-refractivity contribution < 1.29 is 27.5 Å². The van der Waals surface area contributed by atoms with Gasteiger partial charge < -0.3 is 19.4 Å². The summed E-state index contributed by atoms with van der Waals surface area (Å²) in [7, 11) is 0. The van der Waals surface area contributed by atoms with Crippen LogP contribution in [0.15, 0.2) is 47.1 Å². The molecule has 14 heteroatoms. The maximum absolute atomic E-state index is 13.1. The zero-order valence-corrected chi connectivity index (χ0v) is 22.5. The third kappa shape index (κ3) is 5.00. The molecule has 1 atom stereocenters. The smallest absolute Gasteiger partial charge is 0.410 e. The molecule has 5 heterocycles. The predicted molar refractivity (Wildman–Crippen MR) is 140 cm³/mol. The Balaban J connectivity index is 1.18. The van der Waals surface area contributed by atoms with E-state index in [9.17, 15) is 18.4 Å². The normalized spacial score (nSPS) is 18.3. The van der Waals surface area contributed by atoms with Crippen LogP contribution in [-0.4, -0.2) is 65.8 Å². The van der Waals surface area contributed by atoms with E-state index in [2.05, 4.69) is 30.8 Å². The van der Waals surface area contributed by atoms with E-state index in [0.717, 1.165) is 11.1 Å². The summed E-state index contributed by atoms with van der Waals surface area (Å²) in [6.45, 7) is 6.37.